The maximum atomic E-state index is 11.2. The van der Waals surface area contributed by atoms with Crippen LogP contribution in [0.1, 0.15) is 18.9 Å². The lowest BCUT2D eigenvalue weighted by Gasteiger charge is -2.16. The highest BCUT2D eigenvalue weighted by atomic mass is 16.5. The van der Waals surface area contributed by atoms with E-state index in [-0.39, 0.29) is 11.8 Å². The monoisotopic (exact) mass is 291 g/mol. The van der Waals surface area contributed by atoms with Crippen molar-refractivity contribution in [3.8, 4) is 11.5 Å². The molecule has 2 unspecified atom stereocenters. The van der Waals surface area contributed by atoms with Crippen LogP contribution in [0.5, 0.6) is 11.5 Å². The smallest absolute Gasteiger partial charge is 0.308 e. The van der Waals surface area contributed by atoms with E-state index in [9.17, 15) is 9.90 Å². The number of benzene rings is 1. The third-order valence-electron chi connectivity index (χ3n) is 4.22. The Bertz CT molecular complexity index is 531. The highest BCUT2D eigenvalue weighted by Crippen LogP contribution is 2.32. The van der Waals surface area contributed by atoms with Gasteiger partial charge in [0.05, 0.1) is 19.1 Å². The molecule has 0 amide bonds. The van der Waals surface area contributed by atoms with E-state index in [4.69, 9.17) is 9.47 Å². The van der Waals surface area contributed by atoms with Crippen LogP contribution in [-0.2, 0) is 11.3 Å². The molecule has 1 saturated heterocycles. The summed E-state index contributed by atoms with van der Waals surface area (Å²) in [6.45, 7) is 5.57. The topological polar surface area (TPSA) is 59.0 Å². The van der Waals surface area contributed by atoms with Gasteiger partial charge in [0.25, 0.3) is 0 Å². The highest BCUT2D eigenvalue weighted by Gasteiger charge is 2.34. The van der Waals surface area contributed by atoms with Crippen molar-refractivity contribution in [3.63, 3.8) is 0 Å². The molecular weight excluding hydrogens is 270 g/mol. The number of carboxylic acid groups (broad SMARTS) is 1. The molecule has 0 bridgehead atoms. The second-order valence-corrected chi connectivity index (χ2v) is 5.95. The first kappa shape index (κ1) is 14.2. The molecule has 5 heteroatoms. The molecule has 1 fully saturated rings. The highest BCUT2D eigenvalue weighted by molar-refractivity contribution is 5.71. The predicted molar refractivity (Wildman–Crippen MR) is 77.6 cm³/mol. The van der Waals surface area contributed by atoms with E-state index in [1.165, 1.54) is 0 Å². The zero-order chi connectivity index (χ0) is 14.8. The van der Waals surface area contributed by atoms with Gasteiger partial charge >= 0.3 is 5.97 Å². The first-order valence-electron chi connectivity index (χ1n) is 7.47. The van der Waals surface area contributed by atoms with Gasteiger partial charge in [-0.3, -0.25) is 9.69 Å². The standard InChI is InChI=1S/C16H21NO4/c1-11-8-17(10-13(11)16(18)19)9-12-3-4-14-15(7-12)21-6-2-5-20-14/h3-4,7,11,13H,2,5-6,8-10H2,1H3,(H,18,19). The van der Waals surface area contributed by atoms with Crippen molar-refractivity contribution in [1.29, 1.82) is 0 Å². The second kappa shape index (κ2) is 5.93. The number of carboxylic acids is 1. The van der Waals surface area contributed by atoms with Crippen molar-refractivity contribution < 1.29 is 19.4 Å². The molecule has 0 saturated carbocycles. The quantitative estimate of drug-likeness (QED) is 0.923. The average molecular weight is 291 g/mol. The second-order valence-electron chi connectivity index (χ2n) is 5.95. The molecule has 2 aliphatic heterocycles. The molecule has 2 atom stereocenters. The van der Waals surface area contributed by atoms with Crippen molar-refractivity contribution in [1.82, 2.24) is 4.90 Å². The number of fused-ring (bicyclic) bond motifs is 1. The van der Waals surface area contributed by atoms with Crippen molar-refractivity contribution in [2.45, 2.75) is 19.9 Å². The van der Waals surface area contributed by atoms with E-state index < -0.39 is 5.97 Å². The molecule has 0 aromatic heterocycles. The van der Waals surface area contributed by atoms with Crippen LogP contribution in [0.2, 0.25) is 0 Å². The van der Waals surface area contributed by atoms with E-state index >= 15 is 0 Å². The first-order chi connectivity index (χ1) is 10.1. The molecule has 21 heavy (non-hydrogen) atoms. The van der Waals surface area contributed by atoms with Gasteiger partial charge in [-0.25, -0.2) is 0 Å². The summed E-state index contributed by atoms with van der Waals surface area (Å²) in [4.78, 5) is 13.4. The molecule has 1 aromatic rings. The van der Waals surface area contributed by atoms with Crippen molar-refractivity contribution in [3.05, 3.63) is 23.8 Å². The summed E-state index contributed by atoms with van der Waals surface area (Å²) in [6, 6.07) is 6.00. The summed E-state index contributed by atoms with van der Waals surface area (Å²) in [6.07, 6.45) is 0.897. The van der Waals surface area contributed by atoms with Crippen LogP contribution in [0.25, 0.3) is 0 Å². The number of hydrogen-bond acceptors (Lipinski definition) is 4. The zero-order valence-corrected chi connectivity index (χ0v) is 12.2. The number of carbonyl (C=O) groups is 1. The minimum atomic E-state index is -0.691. The normalized spacial score (nSPS) is 25.6. The van der Waals surface area contributed by atoms with Gasteiger partial charge in [-0.15, -0.1) is 0 Å². The fraction of sp³-hybridized carbons (Fsp3) is 0.562. The van der Waals surface area contributed by atoms with Crippen molar-refractivity contribution in [2.24, 2.45) is 11.8 Å². The number of likely N-dealkylation sites (tertiary alicyclic amines) is 1. The predicted octanol–water partition coefficient (Wildman–Crippen LogP) is 2.00. The van der Waals surface area contributed by atoms with E-state index in [0.717, 1.165) is 36.6 Å². The Hall–Kier alpha value is -1.75. The number of ether oxygens (including phenoxy) is 2. The maximum Gasteiger partial charge on any atom is 0.308 e. The summed E-state index contributed by atoms with van der Waals surface area (Å²) < 4.78 is 11.3. The van der Waals surface area contributed by atoms with Crippen LogP contribution in [0.4, 0.5) is 0 Å². The van der Waals surface area contributed by atoms with Gasteiger partial charge in [0.2, 0.25) is 0 Å². The van der Waals surface area contributed by atoms with Crippen molar-refractivity contribution in [2.75, 3.05) is 26.3 Å². The Morgan fingerprint density at radius 1 is 1.29 bits per heavy atom. The Morgan fingerprint density at radius 2 is 2.05 bits per heavy atom. The van der Waals surface area contributed by atoms with Crippen LogP contribution >= 0.6 is 0 Å². The molecule has 5 nitrogen and oxygen atoms in total. The van der Waals surface area contributed by atoms with Gasteiger partial charge in [-0.1, -0.05) is 13.0 Å². The minimum Gasteiger partial charge on any atom is -0.490 e. The van der Waals surface area contributed by atoms with E-state index in [1.807, 2.05) is 25.1 Å². The Balaban J connectivity index is 1.68. The van der Waals surface area contributed by atoms with Crippen molar-refractivity contribution >= 4 is 5.97 Å². The molecule has 114 valence electrons. The van der Waals surface area contributed by atoms with E-state index in [1.54, 1.807) is 0 Å². The fourth-order valence-electron chi connectivity index (χ4n) is 3.08. The maximum absolute atomic E-state index is 11.2. The molecule has 0 radical (unpaired) electrons. The SMILES string of the molecule is CC1CN(Cc2ccc3c(c2)OCCCO3)CC1C(=O)O. The van der Waals surface area contributed by atoms with Crippen LogP contribution < -0.4 is 9.47 Å². The fourth-order valence-corrected chi connectivity index (χ4v) is 3.08. The molecule has 2 heterocycles. The largest absolute Gasteiger partial charge is 0.490 e. The molecule has 0 spiro atoms. The van der Waals surface area contributed by atoms with Gasteiger partial charge in [-0.2, -0.15) is 0 Å². The van der Waals surface area contributed by atoms with Crippen LogP contribution in [0.3, 0.4) is 0 Å². The lowest BCUT2D eigenvalue weighted by molar-refractivity contribution is -0.142. The number of hydrogen-bond donors (Lipinski definition) is 1. The van der Waals surface area contributed by atoms with E-state index in [2.05, 4.69) is 4.90 Å². The van der Waals surface area contributed by atoms with Gasteiger partial charge in [-0.05, 0) is 23.6 Å². The van der Waals surface area contributed by atoms with Gasteiger partial charge in [0.1, 0.15) is 0 Å². The third kappa shape index (κ3) is 3.13. The zero-order valence-electron chi connectivity index (χ0n) is 12.2. The molecule has 1 aromatic carbocycles. The molecule has 0 aliphatic carbocycles. The lowest BCUT2D eigenvalue weighted by atomic mass is 9.99. The molecular formula is C16H21NO4. The third-order valence-corrected chi connectivity index (χ3v) is 4.22. The van der Waals surface area contributed by atoms with Crippen LogP contribution in [0, 0.1) is 11.8 Å². The summed E-state index contributed by atoms with van der Waals surface area (Å²) in [5.41, 5.74) is 1.14. The van der Waals surface area contributed by atoms with Gasteiger partial charge in [0, 0.05) is 26.1 Å². The van der Waals surface area contributed by atoms with Crippen LogP contribution in [-0.4, -0.2) is 42.3 Å². The minimum absolute atomic E-state index is 0.197. The van der Waals surface area contributed by atoms with Gasteiger partial charge < -0.3 is 14.6 Å². The molecule has 3 rings (SSSR count). The lowest BCUT2D eigenvalue weighted by Crippen LogP contribution is -2.23. The number of rotatable bonds is 3. The summed E-state index contributed by atoms with van der Waals surface area (Å²) in [5, 5.41) is 9.19. The Morgan fingerprint density at radius 3 is 2.76 bits per heavy atom. The summed E-state index contributed by atoms with van der Waals surface area (Å²) in [7, 11) is 0. The molecule has 2 aliphatic rings. The summed E-state index contributed by atoms with van der Waals surface area (Å²) >= 11 is 0. The Kier molecular flexibility index (Phi) is 4.01. The van der Waals surface area contributed by atoms with E-state index in [0.29, 0.717) is 19.8 Å². The first-order valence-corrected chi connectivity index (χ1v) is 7.47. The molecule has 1 N–H and O–H groups in total. The van der Waals surface area contributed by atoms with Crippen LogP contribution in [0.15, 0.2) is 18.2 Å². The number of nitrogens with zero attached hydrogens (tertiary/aromatic N) is 1. The average Bonchev–Trinajstić information content (AvgIpc) is 2.68. The number of aliphatic carboxylic acids is 1. The summed E-state index contributed by atoms with van der Waals surface area (Å²) in [5.74, 6) is 0.846. The Labute approximate surface area is 124 Å². The van der Waals surface area contributed by atoms with Gasteiger partial charge in [0.15, 0.2) is 11.5 Å².